The summed E-state index contributed by atoms with van der Waals surface area (Å²) >= 11 is 6.07. The maximum atomic E-state index is 12.4. The summed E-state index contributed by atoms with van der Waals surface area (Å²) in [6.07, 6.45) is 1.22. The molecule has 0 unspecified atom stereocenters. The highest BCUT2D eigenvalue weighted by Crippen LogP contribution is 2.22. The summed E-state index contributed by atoms with van der Waals surface area (Å²) < 4.78 is 5.12. The van der Waals surface area contributed by atoms with Crippen molar-refractivity contribution < 1.29 is 9.53 Å². The fourth-order valence-corrected chi connectivity index (χ4v) is 2.48. The van der Waals surface area contributed by atoms with E-state index in [1.165, 1.54) is 0 Å². The van der Waals surface area contributed by atoms with Crippen molar-refractivity contribution in [3.8, 4) is 5.75 Å². The van der Waals surface area contributed by atoms with Crippen molar-refractivity contribution >= 4 is 17.4 Å². The van der Waals surface area contributed by atoms with Gasteiger partial charge in [0.1, 0.15) is 5.75 Å². The molecule has 0 N–H and O–H groups in total. The van der Waals surface area contributed by atoms with Crippen molar-refractivity contribution in [2.24, 2.45) is 0 Å². The van der Waals surface area contributed by atoms with Crippen LogP contribution in [0.5, 0.6) is 5.75 Å². The summed E-state index contributed by atoms with van der Waals surface area (Å²) in [7, 11) is 1.64. The van der Waals surface area contributed by atoms with Crippen molar-refractivity contribution in [2.75, 3.05) is 7.11 Å². The number of aryl methyl sites for hydroxylation is 3. The van der Waals surface area contributed by atoms with E-state index in [4.69, 9.17) is 16.3 Å². The van der Waals surface area contributed by atoms with Crippen LogP contribution in [-0.2, 0) is 6.42 Å². The lowest BCUT2D eigenvalue weighted by Crippen LogP contribution is -2.04. The molecule has 3 heteroatoms. The number of carbonyl (C=O) groups is 1. The zero-order valence-corrected chi connectivity index (χ0v) is 13.3. The average molecular weight is 303 g/mol. The van der Waals surface area contributed by atoms with Gasteiger partial charge in [-0.15, -0.1) is 0 Å². The molecule has 0 aliphatic carbocycles. The molecular formula is C18H19ClO2. The third-order valence-corrected chi connectivity index (χ3v) is 4.01. The van der Waals surface area contributed by atoms with Gasteiger partial charge in [-0.3, -0.25) is 4.79 Å². The molecule has 0 aliphatic heterocycles. The van der Waals surface area contributed by atoms with E-state index in [1.54, 1.807) is 7.11 Å². The molecule has 2 rings (SSSR count). The average Bonchev–Trinajstić information content (AvgIpc) is 2.49. The highest BCUT2D eigenvalue weighted by atomic mass is 35.5. The molecule has 110 valence electrons. The molecular weight excluding hydrogens is 284 g/mol. The summed E-state index contributed by atoms with van der Waals surface area (Å²) in [6.45, 7) is 3.84. The van der Waals surface area contributed by atoms with Crippen LogP contribution in [-0.4, -0.2) is 12.9 Å². The number of hydrogen-bond donors (Lipinski definition) is 0. The summed E-state index contributed by atoms with van der Waals surface area (Å²) in [4.78, 5) is 12.4. The topological polar surface area (TPSA) is 26.3 Å². The molecule has 0 bridgehead atoms. The second-order valence-electron chi connectivity index (χ2n) is 5.19. The number of rotatable bonds is 5. The van der Waals surface area contributed by atoms with E-state index in [0.29, 0.717) is 11.4 Å². The van der Waals surface area contributed by atoms with Gasteiger partial charge in [-0.05, 0) is 61.2 Å². The Morgan fingerprint density at radius 1 is 1.10 bits per heavy atom. The van der Waals surface area contributed by atoms with Crippen LogP contribution in [0, 0.1) is 13.8 Å². The van der Waals surface area contributed by atoms with E-state index in [-0.39, 0.29) is 5.78 Å². The van der Waals surface area contributed by atoms with E-state index in [0.717, 1.165) is 34.4 Å². The highest BCUT2D eigenvalue weighted by molar-refractivity contribution is 6.31. The standard InChI is InChI=1S/C18H19ClO2/c1-12-11-17(19)13(2)10-16(12)18(20)9-6-14-4-7-15(21-3)8-5-14/h4-5,7-8,10-11H,6,9H2,1-3H3. The van der Waals surface area contributed by atoms with Crippen molar-refractivity contribution in [1.82, 2.24) is 0 Å². The second kappa shape index (κ2) is 6.77. The van der Waals surface area contributed by atoms with Crippen LogP contribution < -0.4 is 4.74 Å². The molecule has 0 aromatic heterocycles. The van der Waals surface area contributed by atoms with Gasteiger partial charge in [0.2, 0.25) is 0 Å². The Kier molecular flexibility index (Phi) is 5.03. The van der Waals surface area contributed by atoms with Gasteiger partial charge in [-0.2, -0.15) is 0 Å². The predicted octanol–water partition coefficient (Wildman–Crippen LogP) is 4.78. The first-order valence-electron chi connectivity index (χ1n) is 6.94. The van der Waals surface area contributed by atoms with Crippen LogP contribution in [0.4, 0.5) is 0 Å². The lowest BCUT2D eigenvalue weighted by molar-refractivity contribution is 0.0982. The van der Waals surface area contributed by atoms with Crippen molar-refractivity contribution in [3.05, 3.63) is 63.7 Å². The van der Waals surface area contributed by atoms with Gasteiger partial charge < -0.3 is 4.74 Å². The third kappa shape index (κ3) is 3.85. The van der Waals surface area contributed by atoms with Crippen LogP contribution in [0.1, 0.15) is 33.5 Å². The van der Waals surface area contributed by atoms with E-state index < -0.39 is 0 Å². The molecule has 2 aromatic rings. The minimum Gasteiger partial charge on any atom is -0.497 e. The Labute approximate surface area is 130 Å². The molecule has 0 heterocycles. The molecule has 0 aliphatic rings. The molecule has 0 saturated heterocycles. The molecule has 0 saturated carbocycles. The van der Waals surface area contributed by atoms with Gasteiger partial charge in [0.15, 0.2) is 5.78 Å². The monoisotopic (exact) mass is 302 g/mol. The molecule has 0 radical (unpaired) electrons. The van der Waals surface area contributed by atoms with Crippen molar-refractivity contribution in [1.29, 1.82) is 0 Å². The van der Waals surface area contributed by atoms with E-state index in [2.05, 4.69) is 0 Å². The number of methoxy groups -OCH3 is 1. The fourth-order valence-electron chi connectivity index (χ4n) is 2.27. The van der Waals surface area contributed by atoms with Gasteiger partial charge in [0.25, 0.3) is 0 Å². The van der Waals surface area contributed by atoms with Gasteiger partial charge >= 0.3 is 0 Å². The normalized spacial score (nSPS) is 10.5. The first-order chi connectivity index (χ1) is 10.0. The lowest BCUT2D eigenvalue weighted by Gasteiger charge is -2.08. The van der Waals surface area contributed by atoms with Crippen LogP contribution in [0.25, 0.3) is 0 Å². The molecule has 0 fully saturated rings. The maximum absolute atomic E-state index is 12.4. The highest BCUT2D eigenvalue weighted by Gasteiger charge is 2.11. The Hall–Kier alpha value is -1.80. The Morgan fingerprint density at radius 2 is 1.76 bits per heavy atom. The van der Waals surface area contributed by atoms with Gasteiger partial charge in [0, 0.05) is 17.0 Å². The predicted molar refractivity (Wildman–Crippen MR) is 86.6 cm³/mol. The van der Waals surface area contributed by atoms with E-state index >= 15 is 0 Å². The summed E-state index contributed by atoms with van der Waals surface area (Å²) in [5.74, 6) is 0.984. The molecule has 2 nitrogen and oxygen atoms in total. The first kappa shape index (κ1) is 15.6. The minimum absolute atomic E-state index is 0.156. The summed E-state index contributed by atoms with van der Waals surface area (Å²) in [6, 6.07) is 11.6. The number of hydrogen-bond acceptors (Lipinski definition) is 2. The first-order valence-corrected chi connectivity index (χ1v) is 7.32. The lowest BCUT2D eigenvalue weighted by atomic mass is 9.97. The number of carbonyl (C=O) groups excluding carboxylic acids is 1. The molecule has 2 aromatic carbocycles. The second-order valence-corrected chi connectivity index (χ2v) is 5.59. The Bertz CT molecular complexity index is 645. The summed E-state index contributed by atoms with van der Waals surface area (Å²) in [5.41, 5.74) is 3.78. The largest absolute Gasteiger partial charge is 0.497 e. The Morgan fingerprint density at radius 3 is 2.38 bits per heavy atom. The van der Waals surface area contributed by atoms with Gasteiger partial charge in [-0.25, -0.2) is 0 Å². The maximum Gasteiger partial charge on any atom is 0.163 e. The molecule has 0 atom stereocenters. The minimum atomic E-state index is 0.156. The van der Waals surface area contributed by atoms with Crippen LogP contribution in [0.15, 0.2) is 36.4 Å². The van der Waals surface area contributed by atoms with Crippen molar-refractivity contribution in [2.45, 2.75) is 26.7 Å². The summed E-state index contributed by atoms with van der Waals surface area (Å²) in [5, 5.41) is 0.708. The zero-order chi connectivity index (χ0) is 15.4. The number of benzene rings is 2. The number of Topliss-reactive ketones (excluding diaryl/α,β-unsaturated/α-hetero) is 1. The number of ketones is 1. The smallest absolute Gasteiger partial charge is 0.163 e. The van der Waals surface area contributed by atoms with E-state index in [9.17, 15) is 4.79 Å². The fraction of sp³-hybridized carbons (Fsp3) is 0.278. The van der Waals surface area contributed by atoms with Crippen LogP contribution in [0.3, 0.4) is 0 Å². The molecule has 0 amide bonds. The number of ether oxygens (including phenoxy) is 1. The van der Waals surface area contributed by atoms with Crippen LogP contribution >= 0.6 is 11.6 Å². The number of halogens is 1. The SMILES string of the molecule is COc1ccc(CCC(=O)c2cc(C)c(Cl)cc2C)cc1. The Balaban J connectivity index is 2.06. The van der Waals surface area contributed by atoms with Crippen LogP contribution in [0.2, 0.25) is 5.02 Å². The molecule has 21 heavy (non-hydrogen) atoms. The van der Waals surface area contributed by atoms with Gasteiger partial charge in [-0.1, -0.05) is 23.7 Å². The van der Waals surface area contributed by atoms with Gasteiger partial charge in [0.05, 0.1) is 7.11 Å². The molecule has 0 spiro atoms. The van der Waals surface area contributed by atoms with Crippen molar-refractivity contribution in [3.63, 3.8) is 0 Å². The quantitative estimate of drug-likeness (QED) is 0.743. The zero-order valence-electron chi connectivity index (χ0n) is 12.6. The van der Waals surface area contributed by atoms with E-state index in [1.807, 2.05) is 50.2 Å². The third-order valence-electron chi connectivity index (χ3n) is 3.61.